The third kappa shape index (κ3) is 4.16. The standard InChI is InChI=1S/C14H27NO2S/c1-6-17-13(16)14(12-7-8-12,15-10(2)3)9-18-11(4)5/h10-12,15H,6-9H2,1-5H3. The molecule has 1 aliphatic rings. The van der Waals surface area contributed by atoms with Crippen LogP contribution in [0.5, 0.6) is 0 Å². The molecule has 0 aromatic rings. The molecule has 3 nitrogen and oxygen atoms in total. The normalized spacial score (nSPS) is 19.1. The minimum Gasteiger partial charge on any atom is -0.465 e. The molecule has 0 radical (unpaired) electrons. The summed E-state index contributed by atoms with van der Waals surface area (Å²) in [6.45, 7) is 10.9. The first kappa shape index (κ1) is 15.8. The topological polar surface area (TPSA) is 38.3 Å². The van der Waals surface area contributed by atoms with Crippen molar-refractivity contribution in [2.75, 3.05) is 12.4 Å². The van der Waals surface area contributed by atoms with Gasteiger partial charge >= 0.3 is 5.97 Å². The maximum atomic E-state index is 12.4. The van der Waals surface area contributed by atoms with Crippen LogP contribution in [0.2, 0.25) is 0 Å². The number of thioether (sulfide) groups is 1. The summed E-state index contributed by atoms with van der Waals surface area (Å²) in [5.74, 6) is 1.20. The smallest absolute Gasteiger partial charge is 0.327 e. The highest BCUT2D eigenvalue weighted by Crippen LogP contribution is 2.43. The Morgan fingerprint density at radius 3 is 2.39 bits per heavy atom. The molecule has 0 aliphatic heterocycles. The zero-order chi connectivity index (χ0) is 13.8. The molecule has 0 spiro atoms. The third-order valence-corrected chi connectivity index (χ3v) is 4.39. The molecule has 1 unspecified atom stereocenters. The first-order valence-corrected chi connectivity index (χ1v) is 8.03. The molecular formula is C14H27NO2S. The molecule has 0 bridgehead atoms. The molecule has 106 valence electrons. The van der Waals surface area contributed by atoms with Crippen LogP contribution in [0, 0.1) is 5.92 Å². The quantitative estimate of drug-likeness (QED) is 0.690. The second kappa shape index (κ2) is 6.80. The minimum atomic E-state index is -0.473. The number of rotatable bonds is 8. The van der Waals surface area contributed by atoms with E-state index in [2.05, 4.69) is 33.0 Å². The summed E-state index contributed by atoms with van der Waals surface area (Å²) < 4.78 is 5.33. The highest BCUT2D eigenvalue weighted by atomic mass is 32.2. The summed E-state index contributed by atoms with van der Waals surface area (Å²) in [6.07, 6.45) is 2.27. The first-order valence-electron chi connectivity index (χ1n) is 6.99. The van der Waals surface area contributed by atoms with E-state index in [9.17, 15) is 4.79 Å². The lowest BCUT2D eigenvalue weighted by Gasteiger charge is -2.35. The van der Waals surface area contributed by atoms with E-state index in [4.69, 9.17) is 4.74 Å². The predicted molar refractivity (Wildman–Crippen MR) is 78.0 cm³/mol. The maximum absolute atomic E-state index is 12.4. The molecule has 1 saturated carbocycles. The fraction of sp³-hybridized carbons (Fsp3) is 0.929. The van der Waals surface area contributed by atoms with Crippen LogP contribution >= 0.6 is 11.8 Å². The Bertz CT molecular complexity index is 277. The lowest BCUT2D eigenvalue weighted by molar-refractivity contribution is -0.151. The van der Waals surface area contributed by atoms with E-state index >= 15 is 0 Å². The van der Waals surface area contributed by atoms with Crippen LogP contribution in [0.4, 0.5) is 0 Å². The molecule has 18 heavy (non-hydrogen) atoms. The Labute approximate surface area is 115 Å². The van der Waals surface area contributed by atoms with E-state index in [-0.39, 0.29) is 5.97 Å². The van der Waals surface area contributed by atoms with Gasteiger partial charge in [-0.25, -0.2) is 0 Å². The summed E-state index contributed by atoms with van der Waals surface area (Å²) in [5, 5.41) is 4.03. The molecule has 1 N–H and O–H groups in total. The Balaban J connectivity index is 2.83. The molecule has 0 aromatic heterocycles. The highest BCUT2D eigenvalue weighted by molar-refractivity contribution is 7.99. The summed E-state index contributed by atoms with van der Waals surface area (Å²) in [5.41, 5.74) is -0.473. The zero-order valence-corrected chi connectivity index (χ0v) is 13.1. The Kier molecular flexibility index (Phi) is 5.99. The van der Waals surface area contributed by atoms with Gasteiger partial charge in [-0.3, -0.25) is 10.1 Å². The van der Waals surface area contributed by atoms with Gasteiger partial charge in [0.15, 0.2) is 0 Å². The van der Waals surface area contributed by atoms with Crippen molar-refractivity contribution in [3.05, 3.63) is 0 Å². The van der Waals surface area contributed by atoms with Crippen molar-refractivity contribution in [2.45, 2.75) is 64.3 Å². The lowest BCUT2D eigenvalue weighted by atomic mass is 9.94. The number of ether oxygens (including phenoxy) is 1. The number of hydrogen-bond donors (Lipinski definition) is 1. The SMILES string of the molecule is CCOC(=O)C(CSC(C)C)(NC(C)C)C1CC1. The first-order chi connectivity index (χ1) is 8.42. The molecule has 0 aromatic carbocycles. The number of carbonyl (C=O) groups excluding carboxylic acids is 1. The molecule has 1 aliphatic carbocycles. The van der Waals surface area contributed by atoms with Gasteiger partial charge in [0, 0.05) is 11.8 Å². The van der Waals surface area contributed by atoms with Gasteiger partial charge in [0.05, 0.1) is 6.61 Å². The largest absolute Gasteiger partial charge is 0.465 e. The third-order valence-electron chi connectivity index (χ3n) is 3.10. The van der Waals surface area contributed by atoms with E-state index in [1.165, 1.54) is 0 Å². The van der Waals surface area contributed by atoms with Gasteiger partial charge in [0.25, 0.3) is 0 Å². The van der Waals surface area contributed by atoms with E-state index in [1.54, 1.807) is 0 Å². The van der Waals surface area contributed by atoms with Crippen LogP contribution in [0.25, 0.3) is 0 Å². The molecule has 1 rings (SSSR count). The van der Waals surface area contributed by atoms with Gasteiger partial charge in [-0.05, 0) is 44.8 Å². The van der Waals surface area contributed by atoms with Crippen LogP contribution in [0.1, 0.15) is 47.5 Å². The predicted octanol–water partition coefficient (Wildman–Crippen LogP) is 2.84. The second-order valence-corrected chi connectivity index (χ2v) is 7.19. The molecule has 0 saturated heterocycles. The van der Waals surface area contributed by atoms with Gasteiger partial charge in [0.1, 0.15) is 5.54 Å². The number of nitrogens with one attached hydrogen (secondary N) is 1. The van der Waals surface area contributed by atoms with Gasteiger partial charge in [-0.2, -0.15) is 11.8 Å². The van der Waals surface area contributed by atoms with E-state index in [0.717, 1.165) is 18.6 Å². The average Bonchev–Trinajstić information content (AvgIpc) is 3.07. The number of carbonyl (C=O) groups is 1. The second-order valence-electron chi connectivity index (χ2n) is 5.62. The van der Waals surface area contributed by atoms with Crippen molar-refractivity contribution in [1.29, 1.82) is 0 Å². The molecular weight excluding hydrogens is 246 g/mol. The minimum absolute atomic E-state index is 0.0608. The highest BCUT2D eigenvalue weighted by Gasteiger charge is 2.52. The molecule has 0 heterocycles. The summed E-state index contributed by atoms with van der Waals surface area (Å²) in [6, 6.07) is 0.294. The molecule has 1 atom stereocenters. The monoisotopic (exact) mass is 273 g/mol. The van der Waals surface area contributed by atoms with Gasteiger partial charge < -0.3 is 4.74 Å². The van der Waals surface area contributed by atoms with Crippen molar-refractivity contribution in [3.8, 4) is 0 Å². The van der Waals surface area contributed by atoms with Crippen LogP contribution < -0.4 is 5.32 Å². The van der Waals surface area contributed by atoms with Crippen molar-refractivity contribution in [3.63, 3.8) is 0 Å². The number of hydrogen-bond acceptors (Lipinski definition) is 4. The fourth-order valence-corrected chi connectivity index (χ4v) is 3.24. The van der Waals surface area contributed by atoms with Crippen molar-refractivity contribution in [2.24, 2.45) is 5.92 Å². The van der Waals surface area contributed by atoms with Crippen molar-refractivity contribution in [1.82, 2.24) is 5.32 Å². The van der Waals surface area contributed by atoms with Crippen molar-refractivity contribution >= 4 is 17.7 Å². The van der Waals surface area contributed by atoms with Crippen LogP contribution in [-0.4, -0.2) is 35.2 Å². The van der Waals surface area contributed by atoms with Gasteiger partial charge in [0.2, 0.25) is 0 Å². The van der Waals surface area contributed by atoms with E-state index in [1.807, 2.05) is 18.7 Å². The summed E-state index contributed by atoms with van der Waals surface area (Å²) >= 11 is 1.84. The molecule has 4 heteroatoms. The molecule has 0 amide bonds. The van der Waals surface area contributed by atoms with Crippen molar-refractivity contribution < 1.29 is 9.53 Å². The maximum Gasteiger partial charge on any atom is 0.327 e. The fourth-order valence-electron chi connectivity index (χ4n) is 2.21. The molecule has 1 fully saturated rings. The van der Waals surface area contributed by atoms with Gasteiger partial charge in [-0.1, -0.05) is 13.8 Å². The van der Waals surface area contributed by atoms with Crippen LogP contribution in [0.15, 0.2) is 0 Å². The average molecular weight is 273 g/mol. The summed E-state index contributed by atoms with van der Waals surface area (Å²) in [7, 11) is 0. The Hall–Kier alpha value is -0.220. The Morgan fingerprint density at radius 1 is 1.39 bits per heavy atom. The van der Waals surface area contributed by atoms with E-state index < -0.39 is 5.54 Å². The van der Waals surface area contributed by atoms with E-state index in [0.29, 0.717) is 23.8 Å². The van der Waals surface area contributed by atoms with Gasteiger partial charge in [-0.15, -0.1) is 0 Å². The zero-order valence-electron chi connectivity index (χ0n) is 12.3. The Morgan fingerprint density at radius 2 is 2.00 bits per heavy atom. The lowest BCUT2D eigenvalue weighted by Crippen LogP contribution is -2.59. The summed E-state index contributed by atoms with van der Waals surface area (Å²) in [4.78, 5) is 12.4. The van der Waals surface area contributed by atoms with Crippen LogP contribution in [-0.2, 0) is 9.53 Å². The van der Waals surface area contributed by atoms with Crippen LogP contribution in [0.3, 0.4) is 0 Å². The number of esters is 1.